The molecule has 2 saturated carbocycles. The third-order valence-electron chi connectivity index (χ3n) is 8.69. The van der Waals surface area contributed by atoms with Crippen molar-refractivity contribution < 1.29 is 27.1 Å². The van der Waals surface area contributed by atoms with Crippen LogP contribution in [0.2, 0.25) is 0 Å². The highest BCUT2D eigenvalue weighted by molar-refractivity contribution is 5.91. The van der Waals surface area contributed by atoms with Crippen molar-refractivity contribution in [3.8, 4) is 23.0 Å². The quantitative estimate of drug-likeness (QED) is 0.229. The standard InChI is InChI=1S/C31H30F4N8O3/c1-14-13-41(15(2)44)10-11-42(14)27-18-12-20(33)25(22-19(32)4-3-5-21(22)36)37-28(18)43(31(45)40-27)26-23(16-6-7-16)38-30(46-29(34)35)39-24(26)17-8-9-17/h3-5,12,14,16-17,29H,6-11,13,36H2,1-2H3/t14-/m0/s1. The first-order chi connectivity index (χ1) is 22.0. The number of carbonyl (C=O) groups is 1. The van der Waals surface area contributed by atoms with E-state index in [9.17, 15) is 18.4 Å². The van der Waals surface area contributed by atoms with Gasteiger partial charge in [-0.05, 0) is 50.8 Å². The molecule has 3 fully saturated rings. The van der Waals surface area contributed by atoms with Crippen LogP contribution in [-0.4, -0.2) is 67.6 Å². The SMILES string of the molecule is CC(=O)N1CCN(c2nc(=O)n(-c3c(C4CC4)nc(OC(F)F)nc3C3CC3)c3nc(-c4c(N)cccc4F)c(F)cc23)[C@@H](C)C1. The lowest BCUT2D eigenvalue weighted by Crippen LogP contribution is -2.54. The van der Waals surface area contributed by atoms with Gasteiger partial charge in [-0.25, -0.2) is 23.1 Å². The number of piperazine rings is 1. The number of ether oxygens (including phenoxy) is 1. The van der Waals surface area contributed by atoms with Crippen molar-refractivity contribution in [1.82, 2.24) is 29.4 Å². The molecule has 2 N–H and O–H groups in total. The summed E-state index contributed by atoms with van der Waals surface area (Å²) in [6.07, 6.45) is 2.77. The minimum Gasteiger partial charge on any atom is -0.401 e. The van der Waals surface area contributed by atoms with E-state index < -0.39 is 35.6 Å². The Morgan fingerprint density at radius 2 is 1.67 bits per heavy atom. The average Bonchev–Trinajstić information content (AvgIpc) is 3.91. The van der Waals surface area contributed by atoms with Crippen LogP contribution in [0.5, 0.6) is 6.01 Å². The summed E-state index contributed by atoms with van der Waals surface area (Å²) in [5.41, 5.74) is 5.39. The fraction of sp³-hybridized carbons (Fsp3) is 0.419. The lowest BCUT2D eigenvalue weighted by molar-refractivity contribution is -0.129. The number of nitrogens with two attached hydrogens (primary N) is 1. The first-order valence-corrected chi connectivity index (χ1v) is 15.1. The normalized spacial score (nSPS) is 18.5. The largest absolute Gasteiger partial charge is 0.401 e. The number of benzene rings is 1. The van der Waals surface area contributed by atoms with Gasteiger partial charge in [0.25, 0.3) is 0 Å². The van der Waals surface area contributed by atoms with Crippen molar-refractivity contribution in [2.45, 2.75) is 64.0 Å². The Balaban J connectivity index is 1.53. The molecular formula is C31H30F4N8O3. The van der Waals surface area contributed by atoms with Crippen molar-refractivity contribution >= 4 is 28.4 Å². The van der Waals surface area contributed by atoms with Gasteiger partial charge in [0.05, 0.1) is 28.0 Å². The van der Waals surface area contributed by atoms with Crippen LogP contribution in [0.1, 0.15) is 62.8 Å². The van der Waals surface area contributed by atoms with Crippen molar-refractivity contribution in [1.29, 1.82) is 0 Å². The molecule has 1 aromatic carbocycles. The number of carbonyl (C=O) groups excluding carboxylic acids is 1. The van der Waals surface area contributed by atoms with Crippen molar-refractivity contribution in [2.24, 2.45) is 0 Å². The number of aromatic nitrogens is 5. The topological polar surface area (TPSA) is 132 Å². The predicted octanol–water partition coefficient (Wildman–Crippen LogP) is 4.51. The molecule has 3 aliphatic rings. The van der Waals surface area contributed by atoms with E-state index >= 15 is 8.78 Å². The van der Waals surface area contributed by atoms with Crippen molar-refractivity contribution in [3.63, 3.8) is 0 Å². The van der Waals surface area contributed by atoms with Crippen molar-refractivity contribution in [2.75, 3.05) is 30.3 Å². The summed E-state index contributed by atoms with van der Waals surface area (Å²) < 4.78 is 63.5. The summed E-state index contributed by atoms with van der Waals surface area (Å²) >= 11 is 0. The minimum atomic E-state index is -3.15. The van der Waals surface area contributed by atoms with Crippen LogP contribution in [-0.2, 0) is 4.79 Å². The molecule has 240 valence electrons. The number of nitrogen functional groups attached to an aromatic ring is 1. The third kappa shape index (κ3) is 5.26. The maximum Gasteiger partial charge on any atom is 0.389 e. The molecule has 46 heavy (non-hydrogen) atoms. The first-order valence-electron chi connectivity index (χ1n) is 15.1. The van der Waals surface area contributed by atoms with Gasteiger partial charge < -0.3 is 20.3 Å². The van der Waals surface area contributed by atoms with Crippen LogP contribution < -0.4 is 21.1 Å². The molecule has 0 unspecified atom stereocenters. The van der Waals surface area contributed by atoms with Crippen LogP contribution in [0.3, 0.4) is 0 Å². The number of amides is 1. The molecule has 7 rings (SSSR count). The molecule has 1 aliphatic heterocycles. The summed E-state index contributed by atoms with van der Waals surface area (Å²) in [6, 6.07) is 4.28. The van der Waals surface area contributed by atoms with E-state index in [4.69, 9.17) is 5.73 Å². The molecule has 11 nitrogen and oxygen atoms in total. The second-order valence-electron chi connectivity index (χ2n) is 12.0. The van der Waals surface area contributed by atoms with Crippen molar-refractivity contribution in [3.05, 3.63) is 57.8 Å². The van der Waals surface area contributed by atoms with E-state index in [-0.39, 0.29) is 57.6 Å². The highest BCUT2D eigenvalue weighted by Gasteiger charge is 2.38. The number of rotatable bonds is 7. The maximum absolute atomic E-state index is 16.0. The van der Waals surface area contributed by atoms with Crippen LogP contribution in [0.4, 0.5) is 29.1 Å². The number of hydrogen-bond donors (Lipinski definition) is 1. The van der Waals surface area contributed by atoms with E-state index in [0.717, 1.165) is 12.1 Å². The molecule has 15 heteroatoms. The molecule has 4 heterocycles. The van der Waals surface area contributed by atoms with Gasteiger partial charge in [0.2, 0.25) is 5.91 Å². The Bertz CT molecular complexity index is 1890. The molecular weight excluding hydrogens is 608 g/mol. The van der Waals surface area contributed by atoms with Gasteiger partial charge in [-0.15, -0.1) is 0 Å². The van der Waals surface area contributed by atoms with E-state index in [1.807, 2.05) is 11.8 Å². The number of anilines is 2. The minimum absolute atomic E-state index is 0.0508. The monoisotopic (exact) mass is 638 g/mol. The summed E-state index contributed by atoms with van der Waals surface area (Å²) in [6.45, 7) is 1.18. The molecule has 1 amide bonds. The molecule has 1 saturated heterocycles. The number of alkyl halides is 2. The number of fused-ring (bicyclic) bond motifs is 1. The van der Waals surface area contributed by atoms with Crippen LogP contribution in [0.25, 0.3) is 28.0 Å². The number of nitrogens with zero attached hydrogens (tertiary/aromatic N) is 7. The van der Waals surface area contributed by atoms with Crippen LogP contribution in [0.15, 0.2) is 29.1 Å². The second kappa shape index (κ2) is 11.2. The molecule has 3 aromatic heterocycles. The fourth-order valence-corrected chi connectivity index (χ4v) is 6.16. The lowest BCUT2D eigenvalue weighted by atomic mass is 10.1. The Morgan fingerprint density at radius 3 is 2.24 bits per heavy atom. The first kappa shape index (κ1) is 29.9. The Labute approximate surface area is 260 Å². The maximum atomic E-state index is 16.0. The zero-order valence-corrected chi connectivity index (χ0v) is 25.0. The highest BCUT2D eigenvalue weighted by atomic mass is 19.3. The number of hydrogen-bond acceptors (Lipinski definition) is 9. The van der Waals surface area contributed by atoms with Gasteiger partial charge in [-0.1, -0.05) is 6.07 Å². The summed E-state index contributed by atoms with van der Waals surface area (Å²) in [5, 5.41) is 0.148. The molecule has 4 aromatic rings. The second-order valence-corrected chi connectivity index (χ2v) is 12.0. The zero-order chi connectivity index (χ0) is 32.4. The van der Waals surface area contributed by atoms with Gasteiger partial charge in [0.1, 0.15) is 17.3 Å². The third-order valence-corrected chi connectivity index (χ3v) is 8.69. The van der Waals surface area contributed by atoms with Gasteiger partial charge in [0, 0.05) is 50.1 Å². The predicted molar refractivity (Wildman–Crippen MR) is 160 cm³/mol. The summed E-state index contributed by atoms with van der Waals surface area (Å²) in [4.78, 5) is 47.4. The number of halogens is 4. The molecule has 1 atom stereocenters. The van der Waals surface area contributed by atoms with Crippen LogP contribution >= 0.6 is 0 Å². The average molecular weight is 639 g/mol. The van der Waals surface area contributed by atoms with E-state index in [0.29, 0.717) is 56.7 Å². The Kier molecular flexibility index (Phi) is 7.28. The Morgan fingerprint density at radius 1 is 1.00 bits per heavy atom. The van der Waals surface area contributed by atoms with Crippen LogP contribution in [0, 0.1) is 11.6 Å². The summed E-state index contributed by atoms with van der Waals surface area (Å²) in [5.74, 6) is -1.99. The van der Waals surface area contributed by atoms with E-state index in [1.54, 1.807) is 4.90 Å². The van der Waals surface area contributed by atoms with E-state index in [1.165, 1.54) is 23.6 Å². The Hall–Kier alpha value is -4.82. The van der Waals surface area contributed by atoms with Gasteiger partial charge >= 0.3 is 18.3 Å². The lowest BCUT2D eigenvalue weighted by Gasteiger charge is -2.40. The molecule has 0 bridgehead atoms. The fourth-order valence-electron chi connectivity index (χ4n) is 6.16. The van der Waals surface area contributed by atoms with Gasteiger partial charge in [-0.3, -0.25) is 4.79 Å². The van der Waals surface area contributed by atoms with E-state index in [2.05, 4.69) is 24.7 Å². The zero-order valence-electron chi connectivity index (χ0n) is 25.0. The van der Waals surface area contributed by atoms with Gasteiger partial charge in [0.15, 0.2) is 11.5 Å². The molecule has 2 aliphatic carbocycles. The molecule has 0 spiro atoms. The molecule has 0 radical (unpaired) electrons. The van der Waals surface area contributed by atoms with Gasteiger partial charge in [-0.2, -0.15) is 23.7 Å². The number of pyridine rings is 1. The smallest absolute Gasteiger partial charge is 0.389 e. The highest BCUT2D eigenvalue weighted by Crippen LogP contribution is 2.48. The summed E-state index contributed by atoms with van der Waals surface area (Å²) in [7, 11) is 0.